The van der Waals surface area contributed by atoms with Crippen molar-refractivity contribution in [1.29, 1.82) is 0 Å². The van der Waals surface area contributed by atoms with E-state index in [-0.39, 0.29) is 48.0 Å². The maximum absolute atomic E-state index is 2.48. The largest absolute Gasteiger partial charge is 1.00 e. The Morgan fingerprint density at radius 3 is 2.32 bits per heavy atom. The fourth-order valence-electron chi connectivity index (χ4n) is 3.58. The Balaban J connectivity index is 0.00000162. The Morgan fingerprint density at radius 2 is 1.74 bits per heavy atom. The molecule has 1 heterocycles. The number of likely N-dealkylation sites (N-methyl/N-ethyl adjacent to an activating group) is 2. The third kappa shape index (κ3) is 5.79. The second-order valence-electron chi connectivity index (χ2n) is 7.73. The molecule has 1 fully saturated rings. The van der Waals surface area contributed by atoms with Gasteiger partial charge in [0.25, 0.3) is 0 Å². The summed E-state index contributed by atoms with van der Waals surface area (Å²) in [5, 5.41) is 0. The van der Waals surface area contributed by atoms with E-state index >= 15 is 0 Å². The van der Waals surface area contributed by atoms with Crippen molar-refractivity contribution in [2.24, 2.45) is 11.8 Å². The summed E-state index contributed by atoms with van der Waals surface area (Å²) in [5.41, 5.74) is 1.63. The van der Waals surface area contributed by atoms with Crippen LogP contribution in [0.4, 0.5) is 0 Å². The third-order valence-electron chi connectivity index (χ3n) is 4.68. The normalized spacial score (nSPS) is 33.8. The van der Waals surface area contributed by atoms with Gasteiger partial charge < -0.3 is 56.9 Å². The minimum atomic E-state index is 0. The summed E-state index contributed by atoms with van der Waals surface area (Å²) in [6, 6.07) is 0. The fourth-order valence-corrected chi connectivity index (χ4v) is 3.58. The van der Waals surface area contributed by atoms with Crippen LogP contribution in [-0.2, 0) is 0 Å². The van der Waals surface area contributed by atoms with E-state index in [1.165, 1.54) is 43.5 Å². The first-order valence-electron chi connectivity index (χ1n) is 7.07. The van der Waals surface area contributed by atoms with Crippen LogP contribution in [0.1, 0.15) is 19.8 Å². The van der Waals surface area contributed by atoms with Crippen molar-refractivity contribution >= 4 is 0 Å². The molecule has 1 aliphatic carbocycles. The van der Waals surface area contributed by atoms with Crippen LogP contribution in [0.15, 0.2) is 11.6 Å². The lowest BCUT2D eigenvalue weighted by molar-refractivity contribution is -0.943. The molecule has 1 saturated heterocycles. The lowest BCUT2D eigenvalue weighted by Crippen LogP contribution is -3.00. The van der Waals surface area contributed by atoms with Crippen LogP contribution in [0.3, 0.4) is 0 Å². The number of halogens is 2. The van der Waals surface area contributed by atoms with Gasteiger partial charge in [0.2, 0.25) is 0 Å². The maximum atomic E-state index is 2.48. The maximum Gasteiger partial charge on any atom is 0.128 e. The molecule has 114 valence electrons. The van der Waals surface area contributed by atoms with Crippen LogP contribution in [0.2, 0.25) is 0 Å². The number of quaternary nitrogens is 2. The molecule has 0 saturated carbocycles. The summed E-state index contributed by atoms with van der Waals surface area (Å²) in [6.45, 7) is 7.77. The zero-order valence-electron chi connectivity index (χ0n) is 13.1. The second kappa shape index (κ2) is 7.40. The third-order valence-corrected chi connectivity index (χ3v) is 4.68. The predicted molar refractivity (Wildman–Crippen MR) is 73.7 cm³/mol. The Bertz CT molecular complexity index is 323. The van der Waals surface area contributed by atoms with E-state index in [9.17, 15) is 0 Å². The summed E-state index contributed by atoms with van der Waals surface area (Å²) in [5.74, 6) is 1.94. The molecule has 1 aliphatic heterocycles. The first kappa shape index (κ1) is 20.1. The van der Waals surface area contributed by atoms with Crippen LogP contribution < -0.4 is 48.0 Å². The molecular formula is C15H30I2N2. The average molecular weight is 492 g/mol. The Morgan fingerprint density at radius 1 is 1.16 bits per heavy atom. The van der Waals surface area contributed by atoms with Crippen LogP contribution in [-0.4, -0.2) is 63.3 Å². The zero-order chi connectivity index (χ0) is 12.7. The number of hydrogen-bond acceptors (Lipinski definition) is 0. The van der Waals surface area contributed by atoms with Crippen molar-refractivity contribution in [2.75, 3.05) is 54.4 Å². The Kier molecular flexibility index (Phi) is 7.84. The first-order valence-corrected chi connectivity index (χ1v) is 7.07. The molecule has 2 rings (SSSR count). The molecule has 19 heavy (non-hydrogen) atoms. The van der Waals surface area contributed by atoms with Gasteiger partial charge in [-0.05, 0) is 19.8 Å². The van der Waals surface area contributed by atoms with E-state index < -0.39 is 0 Å². The van der Waals surface area contributed by atoms with Gasteiger partial charge >= 0.3 is 0 Å². The summed E-state index contributed by atoms with van der Waals surface area (Å²) >= 11 is 0. The molecule has 0 aromatic heterocycles. The fraction of sp³-hybridized carbons (Fsp3) is 0.867. The van der Waals surface area contributed by atoms with Crippen molar-refractivity contribution in [3.63, 3.8) is 0 Å². The Hall–Kier alpha value is 1.12. The van der Waals surface area contributed by atoms with Gasteiger partial charge in [0.15, 0.2) is 0 Å². The van der Waals surface area contributed by atoms with Gasteiger partial charge in [-0.1, -0.05) is 11.6 Å². The number of likely N-dealkylation sites (tertiary alicyclic amines) is 1. The minimum Gasteiger partial charge on any atom is -1.00 e. The summed E-state index contributed by atoms with van der Waals surface area (Å²) in [4.78, 5) is 0. The van der Waals surface area contributed by atoms with Crippen molar-refractivity contribution in [3.05, 3.63) is 11.6 Å². The topological polar surface area (TPSA) is 0 Å². The van der Waals surface area contributed by atoms with Gasteiger partial charge in [0.1, 0.15) is 13.1 Å². The van der Waals surface area contributed by atoms with Crippen LogP contribution >= 0.6 is 0 Å². The van der Waals surface area contributed by atoms with E-state index in [4.69, 9.17) is 0 Å². The molecular weight excluding hydrogens is 462 g/mol. The van der Waals surface area contributed by atoms with E-state index in [1.807, 2.05) is 0 Å². The predicted octanol–water partition coefficient (Wildman–Crippen LogP) is -3.87. The molecule has 2 nitrogen and oxygen atoms in total. The highest BCUT2D eigenvalue weighted by Gasteiger charge is 2.43. The smallest absolute Gasteiger partial charge is 0.128 e. The quantitative estimate of drug-likeness (QED) is 0.215. The number of hydrogen-bond donors (Lipinski definition) is 0. The van der Waals surface area contributed by atoms with Crippen molar-refractivity contribution in [3.8, 4) is 0 Å². The molecule has 0 bridgehead atoms. The van der Waals surface area contributed by atoms with E-state index in [0.29, 0.717) is 0 Å². The van der Waals surface area contributed by atoms with Gasteiger partial charge in [-0.3, -0.25) is 0 Å². The van der Waals surface area contributed by atoms with Gasteiger partial charge in [-0.15, -0.1) is 0 Å². The lowest BCUT2D eigenvalue weighted by Gasteiger charge is -2.33. The SMILES string of the molecule is CC1=CCC2C[N+](C)(CC[N+](C)(C)C)CC2C1.[I-].[I-]. The van der Waals surface area contributed by atoms with Crippen molar-refractivity contribution in [2.45, 2.75) is 19.8 Å². The number of allylic oxidation sites excluding steroid dienone is 2. The summed E-state index contributed by atoms with van der Waals surface area (Å²) in [6.07, 6.45) is 5.19. The molecule has 4 heteroatoms. The highest BCUT2D eigenvalue weighted by atomic mass is 127. The zero-order valence-corrected chi connectivity index (χ0v) is 17.4. The average Bonchev–Trinajstić information content (AvgIpc) is 2.51. The minimum absolute atomic E-state index is 0. The molecule has 0 N–H and O–H groups in total. The van der Waals surface area contributed by atoms with Crippen molar-refractivity contribution < 1.29 is 56.9 Å². The van der Waals surface area contributed by atoms with Gasteiger partial charge in [-0.2, -0.15) is 0 Å². The first-order chi connectivity index (χ1) is 7.77. The molecule has 3 atom stereocenters. The summed E-state index contributed by atoms with van der Waals surface area (Å²) < 4.78 is 2.41. The highest BCUT2D eigenvalue weighted by Crippen LogP contribution is 2.38. The van der Waals surface area contributed by atoms with Crippen molar-refractivity contribution in [1.82, 2.24) is 0 Å². The molecule has 0 amide bonds. The number of fused-ring (bicyclic) bond motifs is 1. The number of rotatable bonds is 3. The monoisotopic (exact) mass is 492 g/mol. The van der Waals surface area contributed by atoms with Crippen LogP contribution in [0.25, 0.3) is 0 Å². The molecule has 0 radical (unpaired) electrons. The van der Waals surface area contributed by atoms with E-state index in [1.54, 1.807) is 5.57 Å². The standard InChI is InChI=1S/C15H30N2.2HI/c1-13-6-7-14-11-17(5,12-15(14)10-13)9-8-16(2,3)4;;/h6,14-15H,7-12H2,1-5H3;2*1H/q+2;;/p-2. The van der Waals surface area contributed by atoms with Crippen LogP contribution in [0.5, 0.6) is 0 Å². The molecule has 0 aromatic carbocycles. The number of nitrogens with zero attached hydrogens (tertiary/aromatic N) is 2. The van der Waals surface area contributed by atoms with Gasteiger partial charge in [0.05, 0.1) is 41.3 Å². The lowest BCUT2D eigenvalue weighted by atomic mass is 9.83. The van der Waals surface area contributed by atoms with Gasteiger partial charge in [0, 0.05) is 11.8 Å². The molecule has 0 aromatic rings. The van der Waals surface area contributed by atoms with E-state index in [2.05, 4.69) is 41.2 Å². The van der Waals surface area contributed by atoms with Gasteiger partial charge in [-0.25, -0.2) is 0 Å². The second-order valence-corrected chi connectivity index (χ2v) is 7.73. The van der Waals surface area contributed by atoms with Crippen LogP contribution in [0, 0.1) is 11.8 Å². The van der Waals surface area contributed by atoms with E-state index in [0.717, 1.165) is 16.3 Å². The molecule has 0 spiro atoms. The molecule has 2 aliphatic rings. The molecule has 3 unspecified atom stereocenters. The Labute approximate surface area is 153 Å². The summed E-state index contributed by atoms with van der Waals surface area (Å²) in [7, 11) is 9.40. The highest BCUT2D eigenvalue weighted by molar-refractivity contribution is 5.06.